The maximum atomic E-state index is 12.7. The van der Waals surface area contributed by atoms with Crippen molar-refractivity contribution < 1.29 is 14.3 Å². The molecule has 2 heterocycles. The molecule has 0 fully saturated rings. The van der Waals surface area contributed by atoms with Gasteiger partial charge in [0.1, 0.15) is 16.5 Å². The van der Waals surface area contributed by atoms with E-state index >= 15 is 0 Å². The molecule has 0 saturated heterocycles. The Balaban J connectivity index is 1.28. The number of fused-ring (bicyclic) bond motifs is 1. The van der Waals surface area contributed by atoms with Gasteiger partial charge in [0.05, 0.1) is 35.4 Å². The number of carbonyl (C=O) groups is 1. The van der Waals surface area contributed by atoms with E-state index in [1.807, 2.05) is 18.2 Å². The molecule has 0 unspecified atom stereocenters. The highest BCUT2D eigenvalue weighted by atomic mass is 35.5. The molecule has 9 heteroatoms. The van der Waals surface area contributed by atoms with Gasteiger partial charge in [0.15, 0.2) is 5.75 Å². The summed E-state index contributed by atoms with van der Waals surface area (Å²) in [6.07, 6.45) is 5.06. The Bertz CT molecular complexity index is 1370. The molecule has 0 atom stereocenters. The monoisotopic (exact) mass is 513 g/mol. The zero-order valence-corrected chi connectivity index (χ0v) is 20.0. The van der Waals surface area contributed by atoms with Crippen molar-refractivity contribution in [3.05, 3.63) is 93.2 Å². The van der Waals surface area contributed by atoms with Gasteiger partial charge in [-0.3, -0.25) is 4.79 Å². The van der Waals surface area contributed by atoms with Gasteiger partial charge < -0.3 is 14.8 Å². The van der Waals surface area contributed by atoms with E-state index in [0.29, 0.717) is 50.2 Å². The molecule has 172 valence electrons. The van der Waals surface area contributed by atoms with Crippen LogP contribution in [0.25, 0.3) is 5.69 Å². The van der Waals surface area contributed by atoms with Gasteiger partial charge in [-0.25, -0.2) is 4.68 Å². The standard InChI is InChI=1S/C25H18Cl3N3O3/c26-17-4-1-5-19(12-17)31-14-18(13-29-31)30-25(32)15-6-8-20(9-7-15)34-24-21(27)11-16-3-2-10-33-23(16)22(24)28/h1,4-9,11-14H,2-3,10H2,(H,30,32). The van der Waals surface area contributed by atoms with Crippen molar-refractivity contribution in [2.24, 2.45) is 0 Å². The van der Waals surface area contributed by atoms with Crippen LogP contribution in [0.2, 0.25) is 15.1 Å². The van der Waals surface area contributed by atoms with Crippen LogP contribution in [0.4, 0.5) is 5.69 Å². The third kappa shape index (κ3) is 4.71. The molecule has 6 nitrogen and oxygen atoms in total. The van der Waals surface area contributed by atoms with Crippen LogP contribution in [-0.4, -0.2) is 22.3 Å². The van der Waals surface area contributed by atoms with Crippen molar-refractivity contribution in [2.75, 3.05) is 11.9 Å². The first-order chi connectivity index (χ1) is 16.5. The fourth-order valence-electron chi connectivity index (χ4n) is 3.65. The van der Waals surface area contributed by atoms with Gasteiger partial charge in [-0.2, -0.15) is 5.10 Å². The van der Waals surface area contributed by atoms with E-state index in [4.69, 9.17) is 44.3 Å². The molecule has 3 aromatic carbocycles. The van der Waals surface area contributed by atoms with E-state index in [-0.39, 0.29) is 5.91 Å². The van der Waals surface area contributed by atoms with Crippen molar-refractivity contribution >= 4 is 46.4 Å². The Kier molecular flexibility index (Phi) is 6.37. The summed E-state index contributed by atoms with van der Waals surface area (Å²) in [5.41, 5.74) is 2.77. The van der Waals surface area contributed by atoms with Crippen LogP contribution >= 0.6 is 34.8 Å². The molecular formula is C25H18Cl3N3O3. The lowest BCUT2D eigenvalue weighted by Crippen LogP contribution is -2.11. The lowest BCUT2D eigenvalue weighted by atomic mass is 10.1. The highest BCUT2D eigenvalue weighted by molar-refractivity contribution is 6.38. The van der Waals surface area contributed by atoms with Gasteiger partial charge in [-0.05, 0) is 66.9 Å². The predicted molar refractivity (Wildman–Crippen MR) is 133 cm³/mol. The van der Waals surface area contributed by atoms with Gasteiger partial charge in [-0.1, -0.05) is 40.9 Å². The zero-order valence-electron chi connectivity index (χ0n) is 17.7. The molecular weight excluding hydrogens is 497 g/mol. The number of anilines is 1. The number of nitrogens with one attached hydrogen (secondary N) is 1. The quantitative estimate of drug-likeness (QED) is 0.306. The molecule has 0 bridgehead atoms. The summed E-state index contributed by atoms with van der Waals surface area (Å²) in [5.74, 6) is 1.15. The molecule has 1 aromatic heterocycles. The summed E-state index contributed by atoms with van der Waals surface area (Å²) in [7, 11) is 0. The smallest absolute Gasteiger partial charge is 0.255 e. The molecule has 1 aliphatic heterocycles. The van der Waals surface area contributed by atoms with Crippen molar-refractivity contribution in [1.29, 1.82) is 0 Å². The number of nitrogens with zero attached hydrogens (tertiary/aromatic N) is 2. The van der Waals surface area contributed by atoms with Gasteiger partial charge >= 0.3 is 0 Å². The second-order valence-corrected chi connectivity index (χ2v) is 8.90. The number of ether oxygens (including phenoxy) is 2. The molecule has 1 aliphatic rings. The maximum absolute atomic E-state index is 12.7. The van der Waals surface area contributed by atoms with Gasteiger partial charge in [0, 0.05) is 10.6 Å². The third-order valence-corrected chi connectivity index (χ3v) is 6.15. The highest BCUT2D eigenvalue weighted by Crippen LogP contribution is 2.45. The number of amides is 1. The average Bonchev–Trinajstić information content (AvgIpc) is 3.31. The third-order valence-electron chi connectivity index (χ3n) is 5.29. The summed E-state index contributed by atoms with van der Waals surface area (Å²) >= 11 is 18.9. The summed E-state index contributed by atoms with van der Waals surface area (Å²) in [6, 6.07) is 15.8. The number of halogens is 3. The maximum Gasteiger partial charge on any atom is 0.255 e. The Morgan fingerprint density at radius 3 is 2.71 bits per heavy atom. The molecule has 0 radical (unpaired) electrons. The normalized spacial score (nSPS) is 12.6. The molecule has 0 saturated carbocycles. The van der Waals surface area contributed by atoms with Gasteiger partial charge in [-0.15, -0.1) is 0 Å². The lowest BCUT2D eigenvalue weighted by Gasteiger charge is -2.21. The van der Waals surface area contributed by atoms with Crippen molar-refractivity contribution in [1.82, 2.24) is 9.78 Å². The summed E-state index contributed by atoms with van der Waals surface area (Å²) in [6.45, 7) is 0.607. The molecule has 0 aliphatic carbocycles. The van der Waals surface area contributed by atoms with Gasteiger partial charge in [0.25, 0.3) is 5.91 Å². The highest BCUT2D eigenvalue weighted by Gasteiger charge is 2.21. The number of aryl methyl sites for hydroxylation is 1. The summed E-state index contributed by atoms with van der Waals surface area (Å²) < 4.78 is 13.2. The molecule has 34 heavy (non-hydrogen) atoms. The van der Waals surface area contributed by atoms with Crippen LogP contribution in [0.5, 0.6) is 17.2 Å². The molecule has 4 aromatic rings. The molecule has 1 N–H and O–H groups in total. The van der Waals surface area contributed by atoms with Crippen molar-refractivity contribution in [3.8, 4) is 22.9 Å². The first kappa shape index (κ1) is 22.6. The Hall–Kier alpha value is -3.19. The SMILES string of the molecule is O=C(Nc1cnn(-c2cccc(Cl)c2)c1)c1ccc(Oc2c(Cl)cc3c(c2Cl)OCCC3)cc1. The van der Waals surface area contributed by atoms with Crippen LogP contribution in [0.3, 0.4) is 0 Å². The van der Waals surface area contributed by atoms with E-state index in [0.717, 1.165) is 24.1 Å². The number of hydrogen-bond acceptors (Lipinski definition) is 4. The van der Waals surface area contributed by atoms with Crippen LogP contribution in [0.15, 0.2) is 67.0 Å². The largest absolute Gasteiger partial charge is 0.492 e. The lowest BCUT2D eigenvalue weighted by molar-refractivity contribution is 0.102. The number of hydrogen-bond donors (Lipinski definition) is 1. The van der Waals surface area contributed by atoms with Crippen LogP contribution in [-0.2, 0) is 6.42 Å². The van der Waals surface area contributed by atoms with Crippen LogP contribution in [0, 0.1) is 0 Å². The minimum absolute atomic E-state index is 0.282. The second-order valence-electron chi connectivity index (χ2n) is 7.68. The predicted octanol–water partition coefficient (Wildman–Crippen LogP) is 7.20. The summed E-state index contributed by atoms with van der Waals surface area (Å²) in [5, 5.41) is 8.46. The number of aromatic nitrogens is 2. The topological polar surface area (TPSA) is 65.4 Å². The van der Waals surface area contributed by atoms with E-state index in [1.165, 1.54) is 0 Å². The summed E-state index contributed by atoms with van der Waals surface area (Å²) in [4.78, 5) is 12.7. The zero-order chi connectivity index (χ0) is 23.7. The van der Waals surface area contributed by atoms with Crippen molar-refractivity contribution in [2.45, 2.75) is 12.8 Å². The molecule has 0 spiro atoms. The fraction of sp³-hybridized carbons (Fsp3) is 0.120. The van der Waals surface area contributed by atoms with Gasteiger partial charge in [0.2, 0.25) is 0 Å². The van der Waals surface area contributed by atoms with Crippen LogP contribution in [0.1, 0.15) is 22.3 Å². The number of benzene rings is 3. The van der Waals surface area contributed by atoms with E-state index in [9.17, 15) is 4.79 Å². The first-order valence-corrected chi connectivity index (χ1v) is 11.6. The average molecular weight is 515 g/mol. The Morgan fingerprint density at radius 1 is 1.09 bits per heavy atom. The minimum atomic E-state index is -0.282. The fourth-order valence-corrected chi connectivity index (χ4v) is 4.46. The van der Waals surface area contributed by atoms with Crippen molar-refractivity contribution in [3.63, 3.8) is 0 Å². The van der Waals surface area contributed by atoms with E-state index in [2.05, 4.69) is 10.4 Å². The minimum Gasteiger partial charge on any atom is -0.492 e. The Labute approximate surface area is 211 Å². The molecule has 1 amide bonds. The Morgan fingerprint density at radius 2 is 1.91 bits per heavy atom. The number of carbonyl (C=O) groups excluding carboxylic acids is 1. The first-order valence-electron chi connectivity index (χ1n) is 10.5. The number of rotatable bonds is 5. The molecule has 5 rings (SSSR count). The van der Waals surface area contributed by atoms with E-state index < -0.39 is 0 Å². The second kappa shape index (κ2) is 9.58. The van der Waals surface area contributed by atoms with E-state index in [1.54, 1.807) is 53.5 Å². The van der Waals surface area contributed by atoms with Crippen LogP contribution < -0.4 is 14.8 Å².